The van der Waals surface area contributed by atoms with Crippen molar-refractivity contribution >= 4 is 11.9 Å². The van der Waals surface area contributed by atoms with Crippen LogP contribution < -0.4 is 0 Å². The second kappa shape index (κ2) is 37.1. The monoisotopic (exact) mass is 950 g/mol. The zero-order valence-electron chi connectivity index (χ0n) is 43.6. The topological polar surface area (TPSA) is 74.3 Å². The van der Waals surface area contributed by atoms with Gasteiger partial charge in [-0.1, -0.05) is 167 Å². The van der Waals surface area contributed by atoms with Crippen molar-refractivity contribution in [2.45, 2.75) is 212 Å². The summed E-state index contributed by atoms with van der Waals surface area (Å²) in [6, 6.07) is 20.1. The van der Waals surface area contributed by atoms with Crippen molar-refractivity contribution < 1.29 is 28.5 Å². The van der Waals surface area contributed by atoms with Crippen molar-refractivity contribution in [1.82, 2.24) is 4.90 Å². The quantitative estimate of drug-likeness (QED) is 0.0283. The van der Waals surface area contributed by atoms with Gasteiger partial charge in [0.15, 0.2) is 0 Å². The number of nitrogens with zero attached hydrogens (tertiary/aromatic N) is 1. The summed E-state index contributed by atoms with van der Waals surface area (Å²) >= 11 is 0. The number of rotatable bonds is 44. The van der Waals surface area contributed by atoms with E-state index in [0.29, 0.717) is 38.3 Å². The molecule has 69 heavy (non-hydrogen) atoms. The van der Waals surface area contributed by atoms with Crippen LogP contribution in [0.3, 0.4) is 0 Å². The average Bonchev–Trinajstić information content (AvgIpc) is 4.30. The van der Waals surface area contributed by atoms with Gasteiger partial charge in [0, 0.05) is 30.3 Å². The highest BCUT2D eigenvalue weighted by Gasteiger charge is 2.37. The van der Waals surface area contributed by atoms with E-state index in [1.807, 2.05) is 48.5 Å². The fourth-order valence-corrected chi connectivity index (χ4v) is 8.90. The number of allylic oxidation sites excluding steroid dienone is 8. The van der Waals surface area contributed by atoms with Crippen LogP contribution in [0.4, 0.5) is 0 Å². The Morgan fingerprint density at radius 3 is 1.43 bits per heavy atom. The van der Waals surface area contributed by atoms with Crippen molar-refractivity contribution in [2.24, 2.45) is 10.8 Å². The van der Waals surface area contributed by atoms with Gasteiger partial charge in [-0.2, -0.15) is 0 Å². The molecule has 0 saturated heterocycles. The maximum Gasteiger partial charge on any atom is 0.306 e. The third kappa shape index (κ3) is 30.5. The lowest BCUT2D eigenvalue weighted by molar-refractivity contribution is -0.150. The molecular formula is C62H95NO6. The fourth-order valence-electron chi connectivity index (χ4n) is 8.90. The van der Waals surface area contributed by atoms with Gasteiger partial charge in [0.05, 0.1) is 6.61 Å². The van der Waals surface area contributed by atoms with Gasteiger partial charge in [-0.05, 0) is 154 Å². The smallest absolute Gasteiger partial charge is 0.306 e. The Hall–Kier alpha value is -3.78. The Morgan fingerprint density at radius 1 is 0.507 bits per heavy atom. The van der Waals surface area contributed by atoms with E-state index in [2.05, 4.69) is 79.7 Å². The van der Waals surface area contributed by atoms with E-state index in [1.165, 1.54) is 115 Å². The molecule has 2 saturated carbocycles. The van der Waals surface area contributed by atoms with Crippen molar-refractivity contribution in [3.8, 4) is 0 Å². The van der Waals surface area contributed by atoms with Crippen molar-refractivity contribution in [1.29, 1.82) is 0 Å². The molecule has 384 valence electrons. The molecule has 0 heterocycles. The molecule has 2 aliphatic carbocycles. The number of hydrogen-bond donors (Lipinski definition) is 0. The molecule has 7 heteroatoms. The van der Waals surface area contributed by atoms with Crippen LogP contribution in [0.5, 0.6) is 0 Å². The number of carbonyl (C=O) groups excluding carboxylic acids is 2. The fraction of sp³-hybridized carbons (Fsp3) is 0.645. The minimum atomic E-state index is -0.103. The Morgan fingerprint density at radius 2 is 0.942 bits per heavy atom. The third-order valence-electron chi connectivity index (χ3n) is 13.7. The van der Waals surface area contributed by atoms with E-state index < -0.39 is 0 Å². The lowest BCUT2D eigenvalue weighted by Gasteiger charge is -2.18. The second-order valence-electron chi connectivity index (χ2n) is 20.6. The molecule has 4 rings (SSSR count). The Labute approximate surface area is 421 Å². The van der Waals surface area contributed by atoms with E-state index in [9.17, 15) is 9.59 Å². The van der Waals surface area contributed by atoms with Crippen LogP contribution in [0.25, 0.3) is 0 Å². The summed E-state index contributed by atoms with van der Waals surface area (Å²) in [5.41, 5.74) is 2.84. The maximum absolute atomic E-state index is 12.7. The summed E-state index contributed by atoms with van der Waals surface area (Å²) in [6.07, 6.45) is 53.4. The lowest BCUT2D eigenvalue weighted by Crippen LogP contribution is -2.20. The predicted molar refractivity (Wildman–Crippen MR) is 287 cm³/mol. The van der Waals surface area contributed by atoms with Gasteiger partial charge in [-0.3, -0.25) is 9.59 Å². The molecular weight excluding hydrogens is 855 g/mol. The summed E-state index contributed by atoms with van der Waals surface area (Å²) in [6.45, 7) is 3.03. The Balaban J connectivity index is 0.949. The normalized spacial score (nSPS) is 15.5. The molecule has 1 unspecified atom stereocenters. The van der Waals surface area contributed by atoms with Gasteiger partial charge in [-0.25, -0.2) is 0 Å². The molecule has 7 nitrogen and oxygen atoms in total. The molecule has 0 bridgehead atoms. The number of unbranched alkanes of at least 4 members (excludes halogenated alkanes) is 17. The van der Waals surface area contributed by atoms with Crippen LogP contribution in [0.15, 0.2) is 109 Å². The minimum Gasteiger partial charge on any atom is -0.462 e. The first-order chi connectivity index (χ1) is 33.9. The molecule has 0 aromatic heterocycles. The lowest BCUT2D eigenvalue weighted by atomic mass is 10.0. The van der Waals surface area contributed by atoms with E-state index in [0.717, 1.165) is 89.3 Å². The third-order valence-corrected chi connectivity index (χ3v) is 13.7. The van der Waals surface area contributed by atoms with Crippen LogP contribution in [0.2, 0.25) is 0 Å². The number of ether oxygens (including phenoxy) is 4. The summed E-state index contributed by atoms with van der Waals surface area (Å²) in [5.74, 6) is -0.115. The van der Waals surface area contributed by atoms with Gasteiger partial charge in [0.25, 0.3) is 0 Å². The molecule has 0 amide bonds. The minimum absolute atomic E-state index is 0.0117. The molecule has 2 aromatic carbocycles. The number of esters is 2. The van der Waals surface area contributed by atoms with Crippen LogP contribution in [0.1, 0.15) is 204 Å². The molecule has 2 fully saturated rings. The highest BCUT2D eigenvalue weighted by Crippen LogP contribution is 2.49. The first-order valence-corrected chi connectivity index (χ1v) is 27.8. The van der Waals surface area contributed by atoms with Gasteiger partial charge in [-0.15, -0.1) is 0 Å². The summed E-state index contributed by atoms with van der Waals surface area (Å²) in [7, 11) is 4.12. The molecule has 2 aliphatic rings. The average molecular weight is 950 g/mol. The maximum atomic E-state index is 12.7. The van der Waals surface area contributed by atoms with Crippen LogP contribution in [-0.2, 0) is 41.8 Å². The molecule has 0 N–H and O–H groups in total. The SMILES string of the molecule is CN(C)CCCC(=O)OC(CCCCCCCC/C=C\C1(/C=C\CCCCCOCOCc2ccccc2)CC1)CCCCCCCC/C=C\C1(/C=C\CCCCC(=O)OCc2ccccc2)CC1. The molecule has 2 aromatic rings. The zero-order valence-corrected chi connectivity index (χ0v) is 43.6. The second-order valence-corrected chi connectivity index (χ2v) is 20.6. The summed E-state index contributed by atoms with van der Waals surface area (Å²) in [5, 5.41) is 0. The van der Waals surface area contributed by atoms with E-state index in [-0.39, 0.29) is 23.5 Å². The predicted octanol–water partition coefficient (Wildman–Crippen LogP) is 16.3. The molecule has 0 radical (unpaired) electrons. The standard InChI is InChI=1S/C62H95NO6/c1-63(2)51-34-42-60(65)69-58(40-27-13-8-4-6-10-16-30-44-62(49-50-62)46-32-18-14-28-41-59(64)68-54-57-37-24-21-25-38-57)39-26-12-7-3-5-9-15-29-43-61(47-48-61)45-31-17-11-19-33-52-66-55-67-53-56-35-22-20-23-36-56/h20-25,29-32,35-38,43-46,58H,3-19,26-28,33-34,39-42,47-55H2,1-2H3/b43-29-,44-30-,45-31-,46-32-. The van der Waals surface area contributed by atoms with Crippen molar-refractivity contribution in [3.05, 3.63) is 120 Å². The van der Waals surface area contributed by atoms with E-state index in [1.54, 1.807) is 0 Å². The van der Waals surface area contributed by atoms with Crippen molar-refractivity contribution in [2.75, 3.05) is 34.0 Å². The zero-order chi connectivity index (χ0) is 48.8. The largest absolute Gasteiger partial charge is 0.462 e. The van der Waals surface area contributed by atoms with Crippen LogP contribution >= 0.6 is 0 Å². The molecule has 1 atom stereocenters. The van der Waals surface area contributed by atoms with E-state index in [4.69, 9.17) is 18.9 Å². The first-order valence-electron chi connectivity index (χ1n) is 27.8. The van der Waals surface area contributed by atoms with E-state index >= 15 is 0 Å². The Kier molecular flexibility index (Phi) is 31.0. The molecule has 0 spiro atoms. The number of benzene rings is 2. The van der Waals surface area contributed by atoms with Gasteiger partial charge in [0.1, 0.15) is 19.5 Å². The van der Waals surface area contributed by atoms with Crippen LogP contribution in [-0.4, -0.2) is 57.0 Å². The number of hydrogen-bond acceptors (Lipinski definition) is 7. The van der Waals surface area contributed by atoms with Crippen molar-refractivity contribution in [3.63, 3.8) is 0 Å². The highest BCUT2D eigenvalue weighted by molar-refractivity contribution is 5.69. The first kappa shape index (κ1) is 57.8. The van der Waals surface area contributed by atoms with Gasteiger partial charge in [0.2, 0.25) is 0 Å². The summed E-state index contributed by atoms with van der Waals surface area (Å²) in [4.78, 5) is 26.9. The summed E-state index contributed by atoms with van der Waals surface area (Å²) < 4.78 is 22.7. The number of carbonyl (C=O) groups is 2. The Bertz CT molecular complexity index is 1710. The van der Waals surface area contributed by atoms with Gasteiger partial charge < -0.3 is 23.8 Å². The molecule has 0 aliphatic heterocycles. The van der Waals surface area contributed by atoms with Crippen LogP contribution in [0, 0.1) is 10.8 Å². The van der Waals surface area contributed by atoms with Gasteiger partial charge >= 0.3 is 11.9 Å². The highest BCUT2D eigenvalue weighted by atomic mass is 16.7.